The average Bonchev–Trinajstić information content (AvgIpc) is 2.85. The number of hydrogen-bond donors (Lipinski definition) is 1. The van der Waals surface area contributed by atoms with E-state index in [0.717, 1.165) is 18.1 Å². The molecule has 2 atom stereocenters. The lowest BCUT2D eigenvalue weighted by Gasteiger charge is -2.18. The molecule has 1 aromatic rings. The van der Waals surface area contributed by atoms with E-state index < -0.39 is 0 Å². The van der Waals surface area contributed by atoms with E-state index >= 15 is 0 Å². The predicted molar refractivity (Wildman–Crippen MR) is 74.7 cm³/mol. The molecule has 0 radical (unpaired) electrons. The van der Waals surface area contributed by atoms with Crippen LogP contribution >= 0.6 is 11.8 Å². The molecule has 2 rings (SSSR count). The SMILES string of the molecule is CNC(Cc1nc(C2CCCCS2)no1)C(C)C. The van der Waals surface area contributed by atoms with Crippen molar-refractivity contribution in [1.82, 2.24) is 15.5 Å². The van der Waals surface area contributed by atoms with E-state index in [2.05, 4.69) is 29.3 Å². The van der Waals surface area contributed by atoms with Gasteiger partial charge >= 0.3 is 0 Å². The average molecular weight is 269 g/mol. The first-order chi connectivity index (χ1) is 8.70. The van der Waals surface area contributed by atoms with Crippen LogP contribution in [0.5, 0.6) is 0 Å². The highest BCUT2D eigenvalue weighted by atomic mass is 32.2. The Hall–Kier alpha value is -0.550. The molecule has 0 aliphatic carbocycles. The summed E-state index contributed by atoms with van der Waals surface area (Å²) in [5, 5.41) is 7.91. The molecule has 0 aromatic carbocycles. The summed E-state index contributed by atoms with van der Waals surface area (Å²) in [4.78, 5) is 4.57. The van der Waals surface area contributed by atoms with Gasteiger partial charge in [0.05, 0.1) is 5.25 Å². The lowest BCUT2D eigenvalue weighted by atomic mass is 10.0. The van der Waals surface area contributed by atoms with Crippen molar-refractivity contribution >= 4 is 11.8 Å². The van der Waals surface area contributed by atoms with Gasteiger partial charge in [0.2, 0.25) is 5.89 Å². The second-order valence-electron chi connectivity index (χ2n) is 5.24. The van der Waals surface area contributed by atoms with Crippen molar-refractivity contribution in [1.29, 1.82) is 0 Å². The van der Waals surface area contributed by atoms with Crippen LogP contribution in [0.1, 0.15) is 50.1 Å². The second kappa shape index (κ2) is 6.57. The van der Waals surface area contributed by atoms with Crippen LogP contribution in [0.3, 0.4) is 0 Å². The second-order valence-corrected chi connectivity index (χ2v) is 6.56. The van der Waals surface area contributed by atoms with Crippen molar-refractivity contribution in [3.8, 4) is 0 Å². The van der Waals surface area contributed by atoms with Gasteiger partial charge in [0.15, 0.2) is 5.82 Å². The van der Waals surface area contributed by atoms with Crippen molar-refractivity contribution in [2.45, 2.75) is 50.8 Å². The Morgan fingerprint density at radius 1 is 1.44 bits per heavy atom. The predicted octanol–water partition coefficient (Wildman–Crippen LogP) is 2.81. The van der Waals surface area contributed by atoms with E-state index in [1.807, 2.05) is 18.8 Å². The zero-order chi connectivity index (χ0) is 13.0. The van der Waals surface area contributed by atoms with Crippen molar-refractivity contribution < 1.29 is 4.52 Å². The number of nitrogens with one attached hydrogen (secondary N) is 1. The standard InChI is InChI=1S/C13H23N3OS/c1-9(2)10(14-3)8-12-15-13(16-17-12)11-6-4-5-7-18-11/h9-11,14H,4-8H2,1-3H3. The van der Waals surface area contributed by atoms with Gasteiger partial charge in [0, 0.05) is 12.5 Å². The number of hydrogen-bond acceptors (Lipinski definition) is 5. The van der Waals surface area contributed by atoms with Crippen molar-refractivity contribution in [2.24, 2.45) is 5.92 Å². The molecule has 1 fully saturated rings. The molecule has 0 amide bonds. The summed E-state index contributed by atoms with van der Waals surface area (Å²) >= 11 is 1.96. The molecule has 4 nitrogen and oxygen atoms in total. The number of likely N-dealkylation sites (N-methyl/N-ethyl adjacent to an activating group) is 1. The van der Waals surface area contributed by atoms with Gasteiger partial charge in [0.1, 0.15) is 0 Å². The first-order valence-corrected chi connectivity index (χ1v) is 7.87. The molecule has 2 unspecified atom stereocenters. The molecule has 0 spiro atoms. The van der Waals surface area contributed by atoms with Gasteiger partial charge in [0.25, 0.3) is 0 Å². The summed E-state index contributed by atoms with van der Waals surface area (Å²) in [6, 6.07) is 0.400. The Kier molecular flexibility index (Phi) is 5.06. The molecule has 1 N–H and O–H groups in total. The van der Waals surface area contributed by atoms with Crippen LogP contribution in [-0.2, 0) is 6.42 Å². The van der Waals surface area contributed by atoms with Crippen LogP contribution in [0.4, 0.5) is 0 Å². The Morgan fingerprint density at radius 3 is 2.89 bits per heavy atom. The quantitative estimate of drug-likeness (QED) is 0.890. The largest absolute Gasteiger partial charge is 0.339 e. The fourth-order valence-electron chi connectivity index (χ4n) is 2.29. The van der Waals surface area contributed by atoms with Crippen molar-refractivity contribution in [3.63, 3.8) is 0 Å². The fourth-order valence-corrected chi connectivity index (χ4v) is 3.52. The van der Waals surface area contributed by atoms with Crippen molar-refractivity contribution in [2.75, 3.05) is 12.8 Å². The van der Waals surface area contributed by atoms with E-state index in [1.54, 1.807) is 0 Å². The van der Waals surface area contributed by atoms with Crippen molar-refractivity contribution in [3.05, 3.63) is 11.7 Å². The van der Waals surface area contributed by atoms with Gasteiger partial charge in [-0.3, -0.25) is 0 Å². The Bertz CT molecular complexity index is 361. The molecule has 0 bridgehead atoms. The topological polar surface area (TPSA) is 51.0 Å². The van der Waals surface area contributed by atoms with Gasteiger partial charge < -0.3 is 9.84 Å². The van der Waals surface area contributed by atoms with Gasteiger partial charge in [-0.1, -0.05) is 25.4 Å². The number of aromatic nitrogens is 2. The molecule has 1 aliphatic heterocycles. The molecule has 18 heavy (non-hydrogen) atoms. The zero-order valence-electron chi connectivity index (χ0n) is 11.5. The van der Waals surface area contributed by atoms with Crippen LogP contribution in [-0.4, -0.2) is 29.0 Å². The molecule has 2 heterocycles. The maximum Gasteiger partial charge on any atom is 0.228 e. The fraction of sp³-hybridized carbons (Fsp3) is 0.846. The third kappa shape index (κ3) is 3.48. The highest BCUT2D eigenvalue weighted by molar-refractivity contribution is 7.99. The van der Waals surface area contributed by atoms with Gasteiger partial charge in [-0.15, -0.1) is 0 Å². The van der Waals surface area contributed by atoms with Crippen LogP contribution in [0, 0.1) is 5.92 Å². The maximum absolute atomic E-state index is 5.39. The summed E-state index contributed by atoms with van der Waals surface area (Å²) in [5.41, 5.74) is 0. The van der Waals surface area contributed by atoms with E-state index in [4.69, 9.17) is 4.52 Å². The van der Waals surface area contributed by atoms with Gasteiger partial charge in [-0.2, -0.15) is 16.7 Å². The minimum Gasteiger partial charge on any atom is -0.339 e. The van der Waals surface area contributed by atoms with Crippen LogP contribution < -0.4 is 5.32 Å². The summed E-state index contributed by atoms with van der Waals surface area (Å²) in [5.74, 6) is 3.45. The monoisotopic (exact) mass is 269 g/mol. The minimum absolute atomic E-state index is 0.400. The summed E-state index contributed by atoms with van der Waals surface area (Å²) in [7, 11) is 1.99. The molecule has 102 valence electrons. The van der Waals surface area contributed by atoms with E-state index in [-0.39, 0.29) is 0 Å². The smallest absolute Gasteiger partial charge is 0.228 e. The van der Waals surface area contributed by atoms with E-state index in [9.17, 15) is 0 Å². The summed E-state index contributed by atoms with van der Waals surface area (Å²) in [6.45, 7) is 4.41. The molecule has 1 saturated heterocycles. The lowest BCUT2D eigenvalue weighted by Crippen LogP contribution is -2.32. The Morgan fingerprint density at radius 2 is 2.28 bits per heavy atom. The Labute approximate surface area is 113 Å². The van der Waals surface area contributed by atoms with Crippen LogP contribution in [0.2, 0.25) is 0 Å². The molecule has 1 aromatic heterocycles. The van der Waals surface area contributed by atoms with E-state index in [0.29, 0.717) is 17.2 Å². The van der Waals surface area contributed by atoms with Crippen LogP contribution in [0.25, 0.3) is 0 Å². The first-order valence-electron chi connectivity index (χ1n) is 6.82. The van der Waals surface area contributed by atoms with Gasteiger partial charge in [-0.05, 0) is 31.6 Å². The highest BCUT2D eigenvalue weighted by Gasteiger charge is 2.22. The maximum atomic E-state index is 5.39. The van der Waals surface area contributed by atoms with E-state index in [1.165, 1.54) is 25.0 Å². The summed E-state index contributed by atoms with van der Waals surface area (Å²) in [6.07, 6.45) is 4.61. The summed E-state index contributed by atoms with van der Waals surface area (Å²) < 4.78 is 5.39. The number of thioether (sulfide) groups is 1. The lowest BCUT2D eigenvalue weighted by molar-refractivity contribution is 0.332. The molecule has 5 heteroatoms. The number of nitrogens with zero attached hydrogens (tertiary/aromatic N) is 2. The normalized spacial score (nSPS) is 22.3. The minimum atomic E-state index is 0.400. The first kappa shape index (κ1) is 13.9. The number of rotatable bonds is 5. The third-order valence-electron chi connectivity index (χ3n) is 3.52. The third-order valence-corrected chi connectivity index (χ3v) is 4.89. The highest BCUT2D eigenvalue weighted by Crippen LogP contribution is 2.36. The zero-order valence-corrected chi connectivity index (χ0v) is 12.3. The molecular weight excluding hydrogens is 246 g/mol. The van der Waals surface area contributed by atoms with Gasteiger partial charge in [-0.25, -0.2) is 0 Å². The molecular formula is C13H23N3OS. The Balaban J connectivity index is 1.96. The molecule has 0 saturated carbocycles. The van der Waals surface area contributed by atoms with Crippen LogP contribution in [0.15, 0.2) is 4.52 Å². The molecule has 1 aliphatic rings.